The van der Waals surface area contributed by atoms with Gasteiger partial charge < -0.3 is 10.1 Å². The maximum absolute atomic E-state index is 12.2. The quantitative estimate of drug-likeness (QED) is 0.885. The number of hydrogen-bond acceptors (Lipinski definition) is 2. The highest BCUT2D eigenvalue weighted by molar-refractivity contribution is 6.44. The van der Waals surface area contributed by atoms with Crippen LogP contribution >= 0.6 is 23.2 Å². The third kappa shape index (κ3) is 3.90. The van der Waals surface area contributed by atoms with Gasteiger partial charge in [-0.25, -0.2) is 0 Å². The van der Waals surface area contributed by atoms with E-state index in [0.29, 0.717) is 21.5 Å². The zero-order valence-corrected chi connectivity index (χ0v) is 13.2. The second-order valence-electron chi connectivity index (χ2n) is 4.62. The van der Waals surface area contributed by atoms with Gasteiger partial charge in [0.05, 0.1) is 15.7 Å². The number of benzene rings is 2. The maximum Gasteiger partial charge on any atom is 0.265 e. The van der Waals surface area contributed by atoms with Crippen molar-refractivity contribution in [1.29, 1.82) is 0 Å². The highest BCUT2D eigenvalue weighted by Gasteiger charge is 2.17. The molecule has 2 rings (SSSR count). The number of para-hydroxylation sites is 1. The zero-order chi connectivity index (χ0) is 15.4. The normalized spacial score (nSPS) is 11.8. The molecular formula is C16H15Cl2NO2. The highest BCUT2D eigenvalue weighted by atomic mass is 35.5. The molecule has 0 spiro atoms. The van der Waals surface area contributed by atoms with Crippen molar-refractivity contribution in [3.8, 4) is 5.75 Å². The van der Waals surface area contributed by atoms with Gasteiger partial charge in [0.15, 0.2) is 6.10 Å². The molecule has 110 valence electrons. The van der Waals surface area contributed by atoms with Crippen LogP contribution in [0, 0.1) is 6.92 Å². The molecule has 0 aliphatic carbocycles. The number of halogens is 2. The average molecular weight is 324 g/mol. The molecule has 0 aliphatic heterocycles. The van der Waals surface area contributed by atoms with E-state index in [9.17, 15) is 4.79 Å². The van der Waals surface area contributed by atoms with E-state index in [0.717, 1.165) is 5.56 Å². The first-order valence-electron chi connectivity index (χ1n) is 6.46. The third-order valence-corrected chi connectivity index (χ3v) is 3.79. The predicted octanol–water partition coefficient (Wildman–Crippen LogP) is 4.71. The van der Waals surface area contributed by atoms with Crippen molar-refractivity contribution in [1.82, 2.24) is 0 Å². The number of aryl methyl sites for hydroxylation is 1. The molecule has 0 aromatic heterocycles. The number of carbonyl (C=O) groups is 1. The minimum Gasteiger partial charge on any atom is -0.481 e. The Hall–Kier alpha value is -1.71. The number of rotatable bonds is 4. The van der Waals surface area contributed by atoms with E-state index in [2.05, 4.69) is 5.32 Å². The summed E-state index contributed by atoms with van der Waals surface area (Å²) in [5.74, 6) is 0.389. The number of anilines is 1. The average Bonchev–Trinajstić information content (AvgIpc) is 2.46. The number of amides is 1. The minimum atomic E-state index is -0.652. The second kappa shape index (κ2) is 6.83. The van der Waals surface area contributed by atoms with E-state index < -0.39 is 6.10 Å². The van der Waals surface area contributed by atoms with Gasteiger partial charge in [-0.3, -0.25) is 4.79 Å². The van der Waals surface area contributed by atoms with E-state index in [-0.39, 0.29) is 5.91 Å². The largest absolute Gasteiger partial charge is 0.481 e. The van der Waals surface area contributed by atoms with Gasteiger partial charge in [0, 0.05) is 0 Å². The molecule has 1 amide bonds. The summed E-state index contributed by atoms with van der Waals surface area (Å²) in [6, 6.07) is 12.6. The Balaban J connectivity index is 2.06. The van der Waals surface area contributed by atoms with Crippen LogP contribution in [0.3, 0.4) is 0 Å². The van der Waals surface area contributed by atoms with Crippen LogP contribution in [0.5, 0.6) is 5.75 Å². The van der Waals surface area contributed by atoms with Crippen LogP contribution in [0.4, 0.5) is 5.69 Å². The van der Waals surface area contributed by atoms with Crippen molar-refractivity contribution in [2.24, 2.45) is 0 Å². The van der Waals surface area contributed by atoms with E-state index >= 15 is 0 Å². The van der Waals surface area contributed by atoms with Crippen LogP contribution in [0.2, 0.25) is 10.0 Å². The molecular weight excluding hydrogens is 309 g/mol. The van der Waals surface area contributed by atoms with Gasteiger partial charge in [-0.1, -0.05) is 47.5 Å². The molecule has 21 heavy (non-hydrogen) atoms. The van der Waals surface area contributed by atoms with Gasteiger partial charge in [0.1, 0.15) is 5.75 Å². The van der Waals surface area contributed by atoms with Crippen LogP contribution < -0.4 is 10.1 Å². The summed E-state index contributed by atoms with van der Waals surface area (Å²) in [6.07, 6.45) is -0.652. The topological polar surface area (TPSA) is 38.3 Å². The molecule has 2 aromatic carbocycles. The lowest BCUT2D eigenvalue weighted by Crippen LogP contribution is -2.30. The molecule has 0 aliphatic rings. The molecule has 0 unspecified atom stereocenters. The Labute approximate surface area is 133 Å². The van der Waals surface area contributed by atoms with E-state index in [1.54, 1.807) is 25.1 Å². The summed E-state index contributed by atoms with van der Waals surface area (Å²) in [6.45, 7) is 3.61. The van der Waals surface area contributed by atoms with Gasteiger partial charge in [0.25, 0.3) is 5.91 Å². The third-order valence-electron chi connectivity index (χ3n) is 2.98. The predicted molar refractivity (Wildman–Crippen MR) is 86.4 cm³/mol. The Morgan fingerprint density at radius 1 is 1.14 bits per heavy atom. The van der Waals surface area contributed by atoms with Crippen molar-refractivity contribution < 1.29 is 9.53 Å². The van der Waals surface area contributed by atoms with Crippen molar-refractivity contribution in [2.75, 3.05) is 5.32 Å². The molecule has 1 N–H and O–H groups in total. The number of carbonyl (C=O) groups excluding carboxylic acids is 1. The fourth-order valence-corrected chi connectivity index (χ4v) is 2.12. The van der Waals surface area contributed by atoms with E-state index in [1.807, 2.05) is 31.2 Å². The van der Waals surface area contributed by atoms with Crippen LogP contribution in [0.15, 0.2) is 42.5 Å². The summed E-state index contributed by atoms with van der Waals surface area (Å²) in [4.78, 5) is 12.2. The Morgan fingerprint density at radius 2 is 1.86 bits per heavy atom. The SMILES string of the molecule is Cc1ccccc1O[C@@H](C)C(=O)Nc1cccc(Cl)c1Cl. The molecule has 0 radical (unpaired) electrons. The van der Waals surface area contributed by atoms with Gasteiger partial charge in [-0.2, -0.15) is 0 Å². The Bertz CT molecular complexity index is 658. The first-order chi connectivity index (χ1) is 9.99. The lowest BCUT2D eigenvalue weighted by molar-refractivity contribution is -0.122. The Morgan fingerprint density at radius 3 is 2.57 bits per heavy atom. The smallest absolute Gasteiger partial charge is 0.265 e. The van der Waals surface area contributed by atoms with Crippen LogP contribution in [0.1, 0.15) is 12.5 Å². The maximum atomic E-state index is 12.2. The van der Waals surface area contributed by atoms with Crippen molar-refractivity contribution in [3.63, 3.8) is 0 Å². The highest BCUT2D eigenvalue weighted by Crippen LogP contribution is 2.29. The molecule has 0 saturated heterocycles. The van der Waals surface area contributed by atoms with Crippen LogP contribution in [-0.2, 0) is 4.79 Å². The molecule has 0 bridgehead atoms. The van der Waals surface area contributed by atoms with Gasteiger partial charge in [0.2, 0.25) is 0 Å². The number of ether oxygens (including phenoxy) is 1. The molecule has 0 saturated carbocycles. The fourth-order valence-electron chi connectivity index (χ4n) is 1.77. The molecule has 0 heterocycles. The summed E-state index contributed by atoms with van der Waals surface area (Å²) in [5.41, 5.74) is 1.44. The molecule has 2 aromatic rings. The van der Waals surface area contributed by atoms with Gasteiger partial charge in [-0.15, -0.1) is 0 Å². The zero-order valence-electron chi connectivity index (χ0n) is 11.7. The lowest BCUT2D eigenvalue weighted by atomic mass is 10.2. The Kier molecular flexibility index (Phi) is 5.10. The standard InChI is InChI=1S/C16H15Cl2NO2/c1-10-6-3-4-9-14(10)21-11(2)16(20)19-13-8-5-7-12(17)15(13)18/h3-9,11H,1-2H3,(H,19,20)/t11-/m0/s1. The lowest BCUT2D eigenvalue weighted by Gasteiger charge is -2.16. The molecule has 5 heteroatoms. The van der Waals surface area contributed by atoms with E-state index in [1.165, 1.54) is 0 Å². The van der Waals surface area contributed by atoms with Crippen molar-refractivity contribution in [2.45, 2.75) is 20.0 Å². The van der Waals surface area contributed by atoms with Crippen LogP contribution in [0.25, 0.3) is 0 Å². The molecule has 0 fully saturated rings. The van der Waals surface area contributed by atoms with Gasteiger partial charge in [-0.05, 0) is 37.6 Å². The molecule has 1 atom stereocenters. The first-order valence-corrected chi connectivity index (χ1v) is 7.22. The number of hydrogen-bond donors (Lipinski definition) is 1. The summed E-state index contributed by atoms with van der Waals surface area (Å²) in [7, 11) is 0. The second-order valence-corrected chi connectivity index (χ2v) is 5.40. The van der Waals surface area contributed by atoms with Gasteiger partial charge >= 0.3 is 0 Å². The monoisotopic (exact) mass is 323 g/mol. The molecule has 3 nitrogen and oxygen atoms in total. The van der Waals surface area contributed by atoms with Crippen molar-refractivity contribution in [3.05, 3.63) is 58.1 Å². The first kappa shape index (κ1) is 15.7. The van der Waals surface area contributed by atoms with Crippen LogP contribution in [-0.4, -0.2) is 12.0 Å². The summed E-state index contributed by atoms with van der Waals surface area (Å²) in [5, 5.41) is 3.42. The summed E-state index contributed by atoms with van der Waals surface area (Å²) < 4.78 is 5.66. The van der Waals surface area contributed by atoms with E-state index in [4.69, 9.17) is 27.9 Å². The summed E-state index contributed by atoms with van der Waals surface area (Å²) >= 11 is 12.0. The fraction of sp³-hybridized carbons (Fsp3) is 0.188. The number of nitrogens with one attached hydrogen (secondary N) is 1. The van der Waals surface area contributed by atoms with Crippen molar-refractivity contribution >= 4 is 34.8 Å². The minimum absolute atomic E-state index is 0.289.